The van der Waals surface area contributed by atoms with Crippen molar-refractivity contribution in [3.05, 3.63) is 57.0 Å². The normalized spacial score (nSPS) is 12.3. The monoisotopic (exact) mass is 394 g/mol. The lowest BCUT2D eigenvalue weighted by Gasteiger charge is -2.17. The molecule has 0 saturated carbocycles. The van der Waals surface area contributed by atoms with Gasteiger partial charge in [0.15, 0.2) is 17.7 Å². The molecule has 2 aromatic rings. The number of benzene rings is 1. The zero-order valence-corrected chi connectivity index (χ0v) is 15.5. The van der Waals surface area contributed by atoms with E-state index in [1.165, 1.54) is 18.3 Å². The van der Waals surface area contributed by atoms with Crippen LogP contribution >= 0.6 is 15.9 Å². The van der Waals surface area contributed by atoms with Crippen LogP contribution in [0.5, 0.6) is 11.5 Å². The predicted molar refractivity (Wildman–Crippen MR) is 94.1 cm³/mol. The Hall–Kier alpha value is -2.28. The number of oxime groups is 1. The Morgan fingerprint density at radius 2 is 1.92 bits per heavy atom. The molecule has 0 spiro atoms. The summed E-state index contributed by atoms with van der Waals surface area (Å²) in [6.07, 6.45) is 1.24. The Balaban J connectivity index is 2.72. The second kappa shape index (κ2) is 6.68. The maximum atomic E-state index is 12.2. The molecule has 1 aromatic carbocycles. The molecule has 0 aliphatic rings. The number of nitrogens with zero attached hydrogens (tertiary/aromatic N) is 2. The van der Waals surface area contributed by atoms with Gasteiger partial charge in [0.25, 0.3) is 5.69 Å². The SMILES string of the molecule is Cc1cc(O)c(/C(=N/OC(C)(C)C)c2c(O)ccc[n+]2[O-])cc1Br. The number of rotatable bonds is 3. The van der Waals surface area contributed by atoms with E-state index in [9.17, 15) is 15.4 Å². The van der Waals surface area contributed by atoms with Gasteiger partial charge in [0, 0.05) is 10.5 Å². The molecule has 0 unspecified atom stereocenters. The van der Waals surface area contributed by atoms with E-state index in [2.05, 4.69) is 21.1 Å². The van der Waals surface area contributed by atoms with Gasteiger partial charge in [-0.1, -0.05) is 21.1 Å². The van der Waals surface area contributed by atoms with Gasteiger partial charge in [-0.15, -0.1) is 0 Å². The third-order valence-electron chi connectivity index (χ3n) is 3.11. The van der Waals surface area contributed by atoms with Gasteiger partial charge >= 0.3 is 0 Å². The molecule has 1 aromatic heterocycles. The molecule has 0 amide bonds. The number of hydrogen-bond acceptors (Lipinski definition) is 5. The van der Waals surface area contributed by atoms with Gasteiger partial charge in [0.1, 0.15) is 11.4 Å². The number of halogens is 1. The minimum Gasteiger partial charge on any atom is -0.618 e. The van der Waals surface area contributed by atoms with Crippen LogP contribution in [0.25, 0.3) is 0 Å². The van der Waals surface area contributed by atoms with E-state index in [1.54, 1.807) is 32.9 Å². The summed E-state index contributed by atoms with van der Waals surface area (Å²) in [4.78, 5) is 5.43. The van der Waals surface area contributed by atoms with Crippen molar-refractivity contribution >= 4 is 21.6 Å². The summed E-state index contributed by atoms with van der Waals surface area (Å²) in [6.45, 7) is 7.23. The molecule has 0 saturated heterocycles. The molecule has 2 N–H and O–H groups in total. The van der Waals surface area contributed by atoms with Crippen LogP contribution in [0.15, 0.2) is 40.1 Å². The Kier molecular flexibility index (Phi) is 5.03. The van der Waals surface area contributed by atoms with Crippen molar-refractivity contribution < 1.29 is 19.8 Å². The first kappa shape index (κ1) is 18.1. The summed E-state index contributed by atoms with van der Waals surface area (Å²) >= 11 is 3.39. The number of aryl methyl sites for hydroxylation is 1. The quantitative estimate of drug-likeness (QED) is 0.361. The van der Waals surface area contributed by atoms with Crippen molar-refractivity contribution in [3.8, 4) is 11.5 Å². The lowest BCUT2D eigenvalue weighted by atomic mass is 10.0. The average Bonchev–Trinajstić information content (AvgIpc) is 2.45. The van der Waals surface area contributed by atoms with Gasteiger partial charge in [-0.2, -0.15) is 4.73 Å². The first-order valence-corrected chi connectivity index (χ1v) is 8.06. The minimum absolute atomic E-state index is 0.0382. The molecule has 2 rings (SSSR count). The molecule has 1 heterocycles. The van der Waals surface area contributed by atoms with Crippen molar-refractivity contribution in [1.29, 1.82) is 0 Å². The zero-order chi connectivity index (χ0) is 18.1. The van der Waals surface area contributed by atoms with Gasteiger partial charge in [0.05, 0.1) is 5.56 Å². The van der Waals surface area contributed by atoms with Gasteiger partial charge in [-0.05, 0) is 51.5 Å². The van der Waals surface area contributed by atoms with E-state index < -0.39 is 5.60 Å². The van der Waals surface area contributed by atoms with Crippen LogP contribution in [0.3, 0.4) is 0 Å². The highest BCUT2D eigenvalue weighted by molar-refractivity contribution is 9.10. The third kappa shape index (κ3) is 3.97. The first-order valence-electron chi connectivity index (χ1n) is 7.27. The summed E-state index contributed by atoms with van der Waals surface area (Å²) in [5, 5.41) is 36.6. The highest BCUT2D eigenvalue weighted by Crippen LogP contribution is 2.30. The molecule has 128 valence electrons. The zero-order valence-electron chi connectivity index (χ0n) is 13.9. The number of phenolic OH excluding ortho intramolecular Hbond substituents is 1. The van der Waals surface area contributed by atoms with Crippen LogP contribution in [-0.4, -0.2) is 21.5 Å². The predicted octanol–water partition coefficient (Wildman–Crippen LogP) is 3.37. The van der Waals surface area contributed by atoms with E-state index in [-0.39, 0.29) is 28.5 Å². The van der Waals surface area contributed by atoms with Crippen molar-refractivity contribution in [3.63, 3.8) is 0 Å². The average molecular weight is 395 g/mol. The summed E-state index contributed by atoms with van der Waals surface area (Å²) in [6, 6.07) is 5.96. The third-order valence-corrected chi connectivity index (χ3v) is 3.96. The Labute approximate surface area is 148 Å². The molecule has 7 heteroatoms. The fraction of sp³-hybridized carbons (Fsp3) is 0.294. The topological polar surface area (TPSA) is 89.0 Å². The van der Waals surface area contributed by atoms with E-state index in [0.717, 1.165) is 10.0 Å². The summed E-state index contributed by atoms with van der Waals surface area (Å²) in [7, 11) is 0. The van der Waals surface area contributed by atoms with Gasteiger partial charge in [-0.3, -0.25) is 0 Å². The van der Waals surface area contributed by atoms with E-state index in [1.807, 2.05) is 6.92 Å². The smallest absolute Gasteiger partial charge is 0.288 e. The van der Waals surface area contributed by atoms with Gasteiger partial charge < -0.3 is 20.3 Å². The van der Waals surface area contributed by atoms with Crippen LogP contribution in [0, 0.1) is 12.1 Å². The Morgan fingerprint density at radius 1 is 1.25 bits per heavy atom. The van der Waals surface area contributed by atoms with E-state index in [4.69, 9.17) is 4.84 Å². The number of phenols is 1. The molecule has 6 nitrogen and oxygen atoms in total. The summed E-state index contributed by atoms with van der Waals surface area (Å²) in [5.74, 6) is -0.338. The summed E-state index contributed by atoms with van der Waals surface area (Å²) < 4.78 is 1.21. The lowest BCUT2D eigenvalue weighted by Crippen LogP contribution is -2.35. The highest BCUT2D eigenvalue weighted by Gasteiger charge is 2.26. The Morgan fingerprint density at radius 3 is 2.50 bits per heavy atom. The maximum Gasteiger partial charge on any atom is 0.288 e. The highest BCUT2D eigenvalue weighted by atomic mass is 79.9. The fourth-order valence-electron chi connectivity index (χ4n) is 1.96. The number of aromatic nitrogens is 1. The van der Waals surface area contributed by atoms with Gasteiger partial charge in [-0.25, -0.2) is 0 Å². The molecule has 0 bridgehead atoms. The van der Waals surface area contributed by atoms with Crippen LogP contribution in [0.4, 0.5) is 0 Å². The number of pyridine rings is 1. The minimum atomic E-state index is -0.610. The van der Waals surface area contributed by atoms with Gasteiger partial charge in [0.2, 0.25) is 0 Å². The largest absolute Gasteiger partial charge is 0.618 e. The molecular formula is C17H19BrN2O4. The second-order valence-electron chi connectivity index (χ2n) is 6.33. The second-order valence-corrected chi connectivity index (χ2v) is 7.18. The van der Waals surface area contributed by atoms with Crippen LogP contribution < -0.4 is 4.73 Å². The lowest BCUT2D eigenvalue weighted by molar-refractivity contribution is -0.607. The molecule has 0 aliphatic carbocycles. The molecule has 24 heavy (non-hydrogen) atoms. The van der Waals surface area contributed by atoms with E-state index >= 15 is 0 Å². The Bertz CT molecular complexity index is 778. The molecule has 0 radical (unpaired) electrons. The standard InChI is InChI=1S/C17H19BrN2O4/c1-10-8-14(22)11(9-12(10)18)15(19-24-17(2,3)4)16-13(21)6-5-7-20(16)23/h5-9,21-22H,1-4H3/b19-15-. The van der Waals surface area contributed by atoms with E-state index in [0.29, 0.717) is 4.73 Å². The van der Waals surface area contributed by atoms with Crippen LogP contribution in [-0.2, 0) is 4.84 Å². The van der Waals surface area contributed by atoms with Crippen LogP contribution in [0.2, 0.25) is 0 Å². The van der Waals surface area contributed by atoms with Crippen molar-refractivity contribution in [2.24, 2.45) is 5.16 Å². The van der Waals surface area contributed by atoms with Crippen molar-refractivity contribution in [1.82, 2.24) is 0 Å². The number of aromatic hydroxyl groups is 2. The number of hydrogen-bond donors (Lipinski definition) is 2. The molecular weight excluding hydrogens is 376 g/mol. The fourth-order valence-corrected chi connectivity index (χ4v) is 2.31. The van der Waals surface area contributed by atoms with Crippen molar-refractivity contribution in [2.45, 2.75) is 33.3 Å². The maximum absolute atomic E-state index is 12.2. The van der Waals surface area contributed by atoms with Crippen molar-refractivity contribution in [2.75, 3.05) is 0 Å². The molecule has 0 aliphatic heterocycles. The van der Waals surface area contributed by atoms with Crippen LogP contribution in [0.1, 0.15) is 37.6 Å². The molecule has 0 atom stereocenters. The first-order chi connectivity index (χ1) is 11.1. The summed E-state index contributed by atoms with van der Waals surface area (Å²) in [5.41, 5.74) is 0.410. The molecule has 0 fully saturated rings.